The first-order chi connectivity index (χ1) is 8.91. The molecule has 0 aliphatic heterocycles. The van der Waals surface area contributed by atoms with E-state index in [1.807, 2.05) is 0 Å². The summed E-state index contributed by atoms with van der Waals surface area (Å²) in [6, 6.07) is 4.12. The summed E-state index contributed by atoms with van der Waals surface area (Å²) >= 11 is 0. The highest BCUT2D eigenvalue weighted by molar-refractivity contribution is 5.85. The molecule has 0 bridgehead atoms. The van der Waals surface area contributed by atoms with E-state index in [9.17, 15) is 14.0 Å². The summed E-state index contributed by atoms with van der Waals surface area (Å²) in [6.07, 6.45) is 2.09. The van der Waals surface area contributed by atoms with Crippen LogP contribution < -0.4 is 10.5 Å². The molecule has 0 saturated heterocycles. The van der Waals surface area contributed by atoms with Crippen molar-refractivity contribution in [1.29, 1.82) is 0 Å². The standard InChI is InChI=1S/C13H14FNO4/c1-8(13(15)18)7-19-12-9(5-6-11(16)17)3-2-4-10(12)14/h2-6,8H,7H2,1H3,(H2,15,18)(H,16,17)/b6-5+. The lowest BCUT2D eigenvalue weighted by molar-refractivity contribution is -0.131. The molecule has 0 aromatic heterocycles. The lowest BCUT2D eigenvalue weighted by atomic mass is 10.1. The normalized spacial score (nSPS) is 12.3. The number of hydrogen-bond donors (Lipinski definition) is 2. The van der Waals surface area contributed by atoms with Crippen molar-refractivity contribution >= 4 is 18.0 Å². The molecule has 5 nitrogen and oxygen atoms in total. The van der Waals surface area contributed by atoms with Crippen molar-refractivity contribution in [2.75, 3.05) is 6.61 Å². The summed E-state index contributed by atoms with van der Waals surface area (Å²) in [6.45, 7) is 1.47. The van der Waals surface area contributed by atoms with Crippen LogP contribution in [0.1, 0.15) is 12.5 Å². The largest absolute Gasteiger partial charge is 0.489 e. The van der Waals surface area contributed by atoms with Gasteiger partial charge < -0.3 is 15.6 Å². The number of carbonyl (C=O) groups is 2. The molecule has 0 spiro atoms. The number of benzene rings is 1. The summed E-state index contributed by atoms with van der Waals surface area (Å²) in [7, 11) is 0. The first kappa shape index (κ1) is 14.7. The monoisotopic (exact) mass is 267 g/mol. The lowest BCUT2D eigenvalue weighted by Gasteiger charge is -2.12. The van der Waals surface area contributed by atoms with E-state index in [0.29, 0.717) is 0 Å². The second kappa shape index (κ2) is 6.53. The van der Waals surface area contributed by atoms with Crippen molar-refractivity contribution in [2.24, 2.45) is 11.7 Å². The first-order valence-electron chi connectivity index (χ1n) is 5.53. The van der Waals surface area contributed by atoms with Gasteiger partial charge in [0.1, 0.15) is 0 Å². The number of ether oxygens (including phenoxy) is 1. The topological polar surface area (TPSA) is 89.6 Å². The number of carboxylic acids is 1. The fraction of sp³-hybridized carbons (Fsp3) is 0.231. The number of nitrogens with two attached hydrogens (primary N) is 1. The molecule has 1 atom stereocenters. The minimum Gasteiger partial charge on any atom is -0.489 e. The zero-order valence-corrected chi connectivity index (χ0v) is 10.3. The van der Waals surface area contributed by atoms with Gasteiger partial charge in [-0.2, -0.15) is 0 Å². The molecule has 0 aliphatic rings. The molecular weight excluding hydrogens is 253 g/mol. The molecule has 1 unspecified atom stereocenters. The molecule has 0 heterocycles. The van der Waals surface area contributed by atoms with Gasteiger partial charge >= 0.3 is 5.97 Å². The molecule has 6 heteroatoms. The Balaban J connectivity index is 2.92. The second-order valence-electron chi connectivity index (χ2n) is 3.94. The Bertz CT molecular complexity index is 513. The second-order valence-corrected chi connectivity index (χ2v) is 3.94. The average molecular weight is 267 g/mol. The van der Waals surface area contributed by atoms with Crippen molar-refractivity contribution in [3.8, 4) is 5.75 Å². The maximum absolute atomic E-state index is 13.6. The van der Waals surface area contributed by atoms with Crippen LogP contribution in [0.25, 0.3) is 6.08 Å². The fourth-order valence-electron chi connectivity index (χ4n) is 1.26. The summed E-state index contributed by atoms with van der Waals surface area (Å²) in [5.74, 6) is -3.02. The highest BCUT2D eigenvalue weighted by Gasteiger charge is 2.13. The van der Waals surface area contributed by atoms with Crippen LogP contribution in [0.2, 0.25) is 0 Å². The van der Waals surface area contributed by atoms with Crippen molar-refractivity contribution in [1.82, 2.24) is 0 Å². The predicted molar refractivity (Wildman–Crippen MR) is 66.9 cm³/mol. The Labute approximate surface area is 109 Å². The summed E-state index contributed by atoms with van der Waals surface area (Å²) < 4.78 is 18.8. The number of amides is 1. The summed E-state index contributed by atoms with van der Waals surface area (Å²) in [4.78, 5) is 21.3. The zero-order chi connectivity index (χ0) is 14.4. The maximum Gasteiger partial charge on any atom is 0.328 e. The Hall–Kier alpha value is -2.37. The van der Waals surface area contributed by atoms with Crippen LogP contribution in [0, 0.1) is 11.7 Å². The quantitative estimate of drug-likeness (QED) is 0.763. The maximum atomic E-state index is 13.6. The molecule has 0 saturated carbocycles. The van der Waals surface area contributed by atoms with Crippen molar-refractivity contribution < 1.29 is 23.8 Å². The van der Waals surface area contributed by atoms with Crippen LogP contribution in [0.4, 0.5) is 4.39 Å². The number of rotatable bonds is 6. The van der Waals surface area contributed by atoms with Crippen LogP contribution >= 0.6 is 0 Å². The molecule has 1 rings (SSSR count). The van der Waals surface area contributed by atoms with E-state index in [0.717, 1.165) is 6.08 Å². The summed E-state index contributed by atoms with van der Waals surface area (Å²) in [5.41, 5.74) is 5.35. The van der Waals surface area contributed by atoms with E-state index in [1.165, 1.54) is 24.3 Å². The summed E-state index contributed by atoms with van der Waals surface area (Å²) in [5, 5.41) is 8.54. The zero-order valence-electron chi connectivity index (χ0n) is 10.3. The average Bonchev–Trinajstić information content (AvgIpc) is 2.34. The van der Waals surface area contributed by atoms with Gasteiger partial charge in [0.05, 0.1) is 12.5 Å². The molecule has 1 aromatic carbocycles. The number of carboxylic acid groups (broad SMARTS) is 1. The third-order valence-electron chi connectivity index (χ3n) is 2.37. The molecule has 1 aromatic rings. The van der Waals surface area contributed by atoms with Crippen LogP contribution in [-0.2, 0) is 9.59 Å². The molecular formula is C13H14FNO4. The molecule has 0 radical (unpaired) electrons. The van der Waals surface area contributed by atoms with Gasteiger partial charge in [-0.05, 0) is 12.1 Å². The Morgan fingerprint density at radius 2 is 2.21 bits per heavy atom. The molecule has 0 aliphatic carbocycles. The minimum absolute atomic E-state index is 0.0792. The number of aliphatic carboxylic acids is 1. The number of halogens is 1. The Morgan fingerprint density at radius 1 is 1.53 bits per heavy atom. The Morgan fingerprint density at radius 3 is 2.79 bits per heavy atom. The predicted octanol–water partition coefficient (Wildman–Crippen LogP) is 1.42. The number of hydrogen-bond acceptors (Lipinski definition) is 3. The number of primary amides is 1. The van der Waals surface area contributed by atoms with Gasteiger partial charge in [0.15, 0.2) is 11.6 Å². The van der Waals surface area contributed by atoms with E-state index in [-0.39, 0.29) is 17.9 Å². The van der Waals surface area contributed by atoms with E-state index < -0.39 is 23.6 Å². The third-order valence-corrected chi connectivity index (χ3v) is 2.37. The van der Waals surface area contributed by atoms with Crippen molar-refractivity contribution in [2.45, 2.75) is 6.92 Å². The van der Waals surface area contributed by atoms with Gasteiger partial charge in [-0.3, -0.25) is 4.79 Å². The number of carbonyl (C=O) groups excluding carboxylic acids is 1. The van der Waals surface area contributed by atoms with Crippen LogP contribution in [0.15, 0.2) is 24.3 Å². The van der Waals surface area contributed by atoms with Crippen LogP contribution in [-0.4, -0.2) is 23.6 Å². The van der Waals surface area contributed by atoms with Crippen molar-refractivity contribution in [3.05, 3.63) is 35.7 Å². The van der Waals surface area contributed by atoms with Crippen molar-refractivity contribution in [3.63, 3.8) is 0 Å². The van der Waals surface area contributed by atoms with E-state index in [4.69, 9.17) is 15.6 Å². The number of para-hydroxylation sites is 1. The minimum atomic E-state index is -1.15. The fourth-order valence-corrected chi connectivity index (χ4v) is 1.26. The van der Waals surface area contributed by atoms with Gasteiger partial charge in [-0.15, -0.1) is 0 Å². The van der Waals surface area contributed by atoms with Gasteiger partial charge in [-0.1, -0.05) is 19.1 Å². The lowest BCUT2D eigenvalue weighted by Crippen LogP contribution is -2.26. The van der Waals surface area contributed by atoms with Gasteiger partial charge in [0, 0.05) is 11.6 Å². The van der Waals surface area contributed by atoms with Gasteiger partial charge in [0.25, 0.3) is 0 Å². The van der Waals surface area contributed by atoms with E-state index >= 15 is 0 Å². The molecule has 102 valence electrons. The molecule has 0 fully saturated rings. The van der Waals surface area contributed by atoms with Crippen LogP contribution in [0.5, 0.6) is 5.75 Å². The SMILES string of the molecule is CC(COc1c(F)cccc1/C=C/C(=O)O)C(N)=O. The highest BCUT2D eigenvalue weighted by atomic mass is 19.1. The van der Waals surface area contributed by atoms with E-state index in [2.05, 4.69) is 0 Å². The van der Waals surface area contributed by atoms with Gasteiger partial charge in [-0.25, -0.2) is 9.18 Å². The molecule has 3 N–H and O–H groups in total. The third kappa shape index (κ3) is 4.42. The molecule has 1 amide bonds. The van der Waals surface area contributed by atoms with Gasteiger partial charge in [0.2, 0.25) is 5.91 Å². The molecule has 19 heavy (non-hydrogen) atoms. The van der Waals surface area contributed by atoms with E-state index in [1.54, 1.807) is 6.92 Å². The smallest absolute Gasteiger partial charge is 0.328 e. The first-order valence-corrected chi connectivity index (χ1v) is 5.53. The highest BCUT2D eigenvalue weighted by Crippen LogP contribution is 2.24. The Kier molecular flexibility index (Phi) is 5.05. The van der Waals surface area contributed by atoms with Crippen LogP contribution in [0.3, 0.4) is 0 Å².